The van der Waals surface area contributed by atoms with E-state index in [9.17, 15) is 9.59 Å². The van der Waals surface area contributed by atoms with Crippen LogP contribution in [0.5, 0.6) is 11.5 Å². The molecular formula is C15H19ClN2O4. The standard InChI is InChI=1S/C15H19ClN2O4/c1-15(2,3)14(20)17-8-13(19)18-10-7-12-11(6-9(10)16)21-4-5-22-12/h6-7H,4-5,8H2,1-3H3,(H,17,20)(H,18,19). The number of hydrogen-bond acceptors (Lipinski definition) is 4. The SMILES string of the molecule is CC(C)(C)C(=O)NCC(=O)Nc1cc2c(cc1Cl)OCCO2. The predicted octanol–water partition coefficient (Wildman–Crippen LogP) is 2.21. The van der Waals surface area contributed by atoms with Gasteiger partial charge >= 0.3 is 0 Å². The molecule has 1 heterocycles. The number of anilines is 1. The van der Waals surface area contributed by atoms with E-state index in [1.165, 1.54) is 0 Å². The summed E-state index contributed by atoms with van der Waals surface area (Å²) in [6.45, 7) is 6.12. The van der Waals surface area contributed by atoms with Crippen molar-refractivity contribution in [2.24, 2.45) is 5.41 Å². The maximum Gasteiger partial charge on any atom is 0.243 e. The van der Waals surface area contributed by atoms with Gasteiger partial charge in [-0.15, -0.1) is 0 Å². The smallest absolute Gasteiger partial charge is 0.243 e. The number of ether oxygens (including phenoxy) is 2. The van der Waals surface area contributed by atoms with Gasteiger partial charge in [0.25, 0.3) is 0 Å². The fraction of sp³-hybridized carbons (Fsp3) is 0.467. The first kappa shape index (κ1) is 16.4. The summed E-state index contributed by atoms with van der Waals surface area (Å²) in [5.41, 5.74) is -0.129. The molecule has 1 aromatic rings. The van der Waals surface area contributed by atoms with Crippen LogP contribution in [0.1, 0.15) is 20.8 Å². The Morgan fingerprint density at radius 2 is 1.77 bits per heavy atom. The minimum absolute atomic E-state index is 0.124. The van der Waals surface area contributed by atoms with Crippen molar-refractivity contribution in [2.45, 2.75) is 20.8 Å². The Hall–Kier alpha value is -1.95. The Bertz CT molecular complexity index is 596. The fourth-order valence-electron chi connectivity index (χ4n) is 1.78. The van der Waals surface area contributed by atoms with E-state index in [1.54, 1.807) is 32.9 Å². The Kier molecular flexibility index (Phi) is 4.81. The molecule has 0 unspecified atom stereocenters. The highest BCUT2D eigenvalue weighted by Gasteiger charge is 2.22. The number of hydrogen-bond donors (Lipinski definition) is 2. The van der Waals surface area contributed by atoms with Crippen LogP contribution in [0.3, 0.4) is 0 Å². The van der Waals surface area contributed by atoms with Crippen molar-refractivity contribution >= 4 is 29.1 Å². The van der Waals surface area contributed by atoms with Gasteiger partial charge in [-0.1, -0.05) is 32.4 Å². The monoisotopic (exact) mass is 326 g/mol. The molecule has 2 rings (SSSR count). The van der Waals surface area contributed by atoms with Crippen LogP contribution in [0, 0.1) is 5.41 Å². The highest BCUT2D eigenvalue weighted by Crippen LogP contribution is 2.37. The summed E-state index contributed by atoms with van der Waals surface area (Å²) in [5, 5.41) is 5.57. The van der Waals surface area contributed by atoms with Gasteiger partial charge in [0.05, 0.1) is 17.3 Å². The van der Waals surface area contributed by atoms with Crippen molar-refractivity contribution in [1.29, 1.82) is 0 Å². The molecule has 7 heteroatoms. The molecule has 2 amide bonds. The van der Waals surface area contributed by atoms with Crippen LogP contribution in [-0.2, 0) is 9.59 Å². The normalized spacial score (nSPS) is 13.5. The van der Waals surface area contributed by atoms with Crippen LogP contribution in [0.2, 0.25) is 5.02 Å². The van der Waals surface area contributed by atoms with Crippen LogP contribution in [0.25, 0.3) is 0 Å². The molecule has 0 bridgehead atoms. The van der Waals surface area contributed by atoms with E-state index in [4.69, 9.17) is 21.1 Å². The van der Waals surface area contributed by atoms with Crippen molar-refractivity contribution in [3.63, 3.8) is 0 Å². The van der Waals surface area contributed by atoms with E-state index in [0.29, 0.717) is 35.4 Å². The van der Waals surface area contributed by atoms with Gasteiger partial charge in [0.2, 0.25) is 11.8 Å². The topological polar surface area (TPSA) is 76.7 Å². The molecule has 22 heavy (non-hydrogen) atoms. The van der Waals surface area contributed by atoms with Gasteiger partial charge < -0.3 is 20.1 Å². The quantitative estimate of drug-likeness (QED) is 0.893. The fourth-order valence-corrected chi connectivity index (χ4v) is 1.98. The van der Waals surface area contributed by atoms with Crippen molar-refractivity contribution in [2.75, 3.05) is 25.1 Å². The zero-order valence-corrected chi connectivity index (χ0v) is 13.5. The lowest BCUT2D eigenvalue weighted by molar-refractivity contribution is -0.130. The molecule has 0 saturated carbocycles. The lowest BCUT2D eigenvalue weighted by atomic mass is 9.96. The molecule has 1 aromatic carbocycles. The summed E-state index contributed by atoms with van der Waals surface area (Å²) >= 11 is 6.10. The van der Waals surface area contributed by atoms with Crippen LogP contribution in [-0.4, -0.2) is 31.6 Å². The van der Waals surface area contributed by atoms with E-state index >= 15 is 0 Å². The van der Waals surface area contributed by atoms with Gasteiger partial charge in [-0.2, -0.15) is 0 Å². The van der Waals surface area contributed by atoms with Gasteiger partial charge in [0, 0.05) is 17.5 Å². The van der Waals surface area contributed by atoms with Gasteiger partial charge in [0.1, 0.15) is 13.2 Å². The van der Waals surface area contributed by atoms with E-state index < -0.39 is 5.41 Å². The van der Waals surface area contributed by atoms with Crippen LogP contribution in [0.15, 0.2) is 12.1 Å². The maximum absolute atomic E-state index is 11.9. The molecule has 0 radical (unpaired) electrons. The number of benzene rings is 1. The van der Waals surface area contributed by atoms with E-state index in [1.807, 2.05) is 0 Å². The number of halogens is 1. The van der Waals surface area contributed by atoms with E-state index in [0.717, 1.165) is 0 Å². The summed E-state index contributed by atoms with van der Waals surface area (Å²) in [4.78, 5) is 23.6. The average Bonchev–Trinajstić information content (AvgIpc) is 2.44. The highest BCUT2D eigenvalue weighted by molar-refractivity contribution is 6.34. The summed E-state index contributed by atoms with van der Waals surface area (Å²) in [6.07, 6.45) is 0. The summed E-state index contributed by atoms with van der Waals surface area (Å²) in [7, 11) is 0. The lowest BCUT2D eigenvalue weighted by Gasteiger charge is -2.20. The van der Waals surface area contributed by atoms with Gasteiger partial charge in [0.15, 0.2) is 11.5 Å². The van der Waals surface area contributed by atoms with Crippen LogP contribution < -0.4 is 20.1 Å². The number of amides is 2. The molecule has 1 aliphatic rings. The highest BCUT2D eigenvalue weighted by atomic mass is 35.5. The molecule has 6 nitrogen and oxygen atoms in total. The summed E-state index contributed by atoms with van der Waals surface area (Å²) < 4.78 is 10.8. The Morgan fingerprint density at radius 3 is 2.36 bits per heavy atom. The number of carbonyl (C=O) groups excluding carboxylic acids is 2. The van der Waals surface area contributed by atoms with Crippen LogP contribution >= 0.6 is 11.6 Å². The van der Waals surface area contributed by atoms with Crippen LogP contribution in [0.4, 0.5) is 5.69 Å². The molecule has 0 fully saturated rings. The first-order valence-corrected chi connectivity index (χ1v) is 7.32. The minimum atomic E-state index is -0.547. The Balaban J connectivity index is 1.98. The second-order valence-corrected chi connectivity index (χ2v) is 6.36. The molecule has 0 saturated heterocycles. The first-order chi connectivity index (χ1) is 10.3. The zero-order chi connectivity index (χ0) is 16.3. The third-order valence-corrected chi connectivity index (χ3v) is 3.31. The minimum Gasteiger partial charge on any atom is -0.486 e. The average molecular weight is 327 g/mol. The predicted molar refractivity (Wildman–Crippen MR) is 83.5 cm³/mol. The third kappa shape index (κ3) is 4.04. The zero-order valence-electron chi connectivity index (χ0n) is 12.8. The molecule has 0 aliphatic carbocycles. The number of carbonyl (C=O) groups is 2. The number of nitrogens with one attached hydrogen (secondary N) is 2. The molecule has 2 N–H and O–H groups in total. The van der Waals surface area contributed by atoms with Gasteiger partial charge in [-0.05, 0) is 0 Å². The molecule has 0 aromatic heterocycles. The summed E-state index contributed by atoms with van der Waals surface area (Å²) in [6, 6.07) is 3.21. The van der Waals surface area contributed by atoms with Crippen molar-refractivity contribution < 1.29 is 19.1 Å². The number of fused-ring (bicyclic) bond motifs is 1. The lowest BCUT2D eigenvalue weighted by Crippen LogP contribution is -2.39. The third-order valence-electron chi connectivity index (χ3n) is 3.00. The second kappa shape index (κ2) is 6.44. The molecular weight excluding hydrogens is 308 g/mol. The maximum atomic E-state index is 11.9. The largest absolute Gasteiger partial charge is 0.486 e. The van der Waals surface area contributed by atoms with Gasteiger partial charge in [-0.25, -0.2) is 0 Å². The Labute approximate surface area is 134 Å². The van der Waals surface area contributed by atoms with Crippen molar-refractivity contribution in [1.82, 2.24) is 5.32 Å². The molecule has 1 aliphatic heterocycles. The molecule has 120 valence electrons. The second-order valence-electron chi connectivity index (χ2n) is 5.96. The summed E-state index contributed by atoms with van der Waals surface area (Å²) in [5.74, 6) is 0.520. The number of rotatable bonds is 3. The van der Waals surface area contributed by atoms with Crippen molar-refractivity contribution in [3.8, 4) is 11.5 Å². The first-order valence-electron chi connectivity index (χ1n) is 6.94. The molecule has 0 spiro atoms. The molecule has 0 atom stereocenters. The van der Waals surface area contributed by atoms with E-state index in [2.05, 4.69) is 10.6 Å². The Morgan fingerprint density at radius 1 is 1.18 bits per heavy atom. The van der Waals surface area contributed by atoms with E-state index in [-0.39, 0.29) is 18.4 Å². The van der Waals surface area contributed by atoms with Crippen molar-refractivity contribution in [3.05, 3.63) is 17.2 Å². The van der Waals surface area contributed by atoms with Gasteiger partial charge in [-0.3, -0.25) is 9.59 Å².